The highest BCUT2D eigenvalue weighted by Crippen LogP contribution is 2.38. The molecular weight excluding hydrogens is 270 g/mol. The lowest BCUT2D eigenvalue weighted by molar-refractivity contribution is 0.446. The molecule has 0 unspecified atom stereocenters. The van der Waals surface area contributed by atoms with Gasteiger partial charge in [-0.25, -0.2) is 0 Å². The maximum atomic E-state index is 11.9. The molecule has 2 N–H and O–H groups in total. The summed E-state index contributed by atoms with van der Waals surface area (Å²) in [5.74, 6) is -0.0693. The van der Waals surface area contributed by atoms with Gasteiger partial charge in [0.2, 0.25) is 0 Å². The van der Waals surface area contributed by atoms with Crippen molar-refractivity contribution in [3.63, 3.8) is 0 Å². The molecule has 0 saturated heterocycles. The highest BCUT2D eigenvalue weighted by Gasteiger charge is 2.20. The lowest BCUT2D eigenvalue weighted by atomic mass is 9.98. The Bertz CT molecular complexity index is 961. The summed E-state index contributed by atoms with van der Waals surface area (Å²) < 4.78 is 5.26. The number of fused-ring (bicyclic) bond motifs is 1. The lowest BCUT2D eigenvalue weighted by Gasteiger charge is -2.07. The summed E-state index contributed by atoms with van der Waals surface area (Å²) in [5, 5.41) is 24.0. The van der Waals surface area contributed by atoms with E-state index in [0.717, 1.165) is 5.39 Å². The van der Waals surface area contributed by atoms with Gasteiger partial charge in [0.15, 0.2) is 5.58 Å². The van der Waals surface area contributed by atoms with E-state index in [4.69, 9.17) is 4.52 Å². The number of aromatic hydroxyl groups is 1. The number of hydrogen-bond donors (Lipinski definition) is 2. The molecule has 0 radical (unpaired) electrons. The molecule has 0 bridgehead atoms. The number of aromatic amines is 1. The van der Waals surface area contributed by atoms with E-state index in [1.807, 2.05) is 6.07 Å². The Kier molecular flexibility index (Phi) is 2.77. The predicted octanol–water partition coefficient (Wildman–Crippen LogP) is 2.38. The molecule has 0 aliphatic rings. The van der Waals surface area contributed by atoms with Crippen molar-refractivity contribution in [1.82, 2.24) is 10.1 Å². The Morgan fingerprint density at radius 2 is 2.14 bits per heavy atom. The van der Waals surface area contributed by atoms with Gasteiger partial charge in [-0.3, -0.25) is 4.79 Å². The van der Waals surface area contributed by atoms with Crippen molar-refractivity contribution in [2.24, 2.45) is 0 Å². The number of benzene rings is 1. The molecule has 0 amide bonds. The summed E-state index contributed by atoms with van der Waals surface area (Å²) in [7, 11) is 0. The molecule has 0 fully saturated rings. The summed E-state index contributed by atoms with van der Waals surface area (Å²) in [4.78, 5) is 14.5. The van der Waals surface area contributed by atoms with E-state index < -0.39 is 5.56 Å². The fourth-order valence-electron chi connectivity index (χ4n) is 2.37. The Morgan fingerprint density at radius 1 is 1.38 bits per heavy atom. The van der Waals surface area contributed by atoms with E-state index in [1.54, 1.807) is 26.0 Å². The van der Waals surface area contributed by atoms with Crippen LogP contribution in [0.4, 0.5) is 0 Å². The van der Waals surface area contributed by atoms with Crippen molar-refractivity contribution in [2.45, 2.75) is 13.8 Å². The lowest BCUT2D eigenvalue weighted by Crippen LogP contribution is -2.12. The number of rotatable bonds is 1. The molecule has 0 saturated carbocycles. The van der Waals surface area contributed by atoms with E-state index in [0.29, 0.717) is 28.1 Å². The van der Waals surface area contributed by atoms with Gasteiger partial charge in [-0.1, -0.05) is 5.16 Å². The second-order valence-corrected chi connectivity index (χ2v) is 4.79. The largest absolute Gasteiger partial charge is 0.507 e. The van der Waals surface area contributed by atoms with Gasteiger partial charge in [0, 0.05) is 16.6 Å². The highest BCUT2D eigenvalue weighted by atomic mass is 16.5. The molecule has 3 rings (SSSR count). The van der Waals surface area contributed by atoms with Crippen LogP contribution < -0.4 is 5.56 Å². The average molecular weight is 281 g/mol. The van der Waals surface area contributed by atoms with Gasteiger partial charge in [0.1, 0.15) is 17.4 Å². The molecule has 104 valence electrons. The molecule has 1 aromatic carbocycles. The second kappa shape index (κ2) is 4.49. The monoisotopic (exact) mass is 281 g/mol. The molecule has 0 atom stereocenters. The number of hydrogen-bond acceptors (Lipinski definition) is 5. The number of aromatic nitrogens is 2. The van der Waals surface area contributed by atoms with Crippen molar-refractivity contribution >= 4 is 11.0 Å². The van der Waals surface area contributed by atoms with Gasteiger partial charge in [0.05, 0.1) is 11.3 Å². The van der Waals surface area contributed by atoms with Crippen LogP contribution in [0.1, 0.15) is 17.0 Å². The van der Waals surface area contributed by atoms with Gasteiger partial charge >= 0.3 is 0 Å². The van der Waals surface area contributed by atoms with E-state index in [2.05, 4.69) is 10.1 Å². The topological polar surface area (TPSA) is 103 Å². The Balaban J connectivity index is 2.49. The first kappa shape index (κ1) is 12.9. The van der Waals surface area contributed by atoms with Gasteiger partial charge in [-0.05, 0) is 32.0 Å². The zero-order valence-corrected chi connectivity index (χ0v) is 11.4. The van der Waals surface area contributed by atoms with Gasteiger partial charge in [-0.15, -0.1) is 0 Å². The first-order valence-electron chi connectivity index (χ1n) is 6.25. The van der Waals surface area contributed by atoms with Crippen LogP contribution in [-0.4, -0.2) is 15.2 Å². The maximum absolute atomic E-state index is 11.9. The molecule has 6 nitrogen and oxygen atoms in total. The highest BCUT2D eigenvalue weighted by molar-refractivity contribution is 5.97. The maximum Gasteiger partial charge on any atom is 0.266 e. The van der Waals surface area contributed by atoms with Crippen LogP contribution in [0.15, 0.2) is 27.5 Å². The minimum Gasteiger partial charge on any atom is -0.507 e. The molecular formula is C15H11N3O3. The van der Waals surface area contributed by atoms with Crippen LogP contribution in [-0.2, 0) is 0 Å². The first-order valence-corrected chi connectivity index (χ1v) is 6.25. The van der Waals surface area contributed by atoms with Crippen LogP contribution in [0.5, 0.6) is 5.75 Å². The van der Waals surface area contributed by atoms with Crippen molar-refractivity contribution in [3.05, 3.63) is 45.5 Å². The standard InChI is InChI=1S/C15H11N3O3/c1-7-5-10(11(6-16)15(20)17-7)13-12(19)4-3-9-8(2)18-21-14(9)13/h3-5,19H,1-2H3,(H,17,20). The third-order valence-electron chi connectivity index (χ3n) is 3.35. The number of H-pyrrole nitrogens is 1. The first-order chi connectivity index (χ1) is 10.0. The van der Waals surface area contributed by atoms with Crippen molar-refractivity contribution in [1.29, 1.82) is 5.26 Å². The smallest absolute Gasteiger partial charge is 0.266 e. The minimum atomic E-state index is -0.500. The fraction of sp³-hybridized carbons (Fsp3) is 0.133. The zero-order valence-electron chi connectivity index (χ0n) is 11.4. The summed E-state index contributed by atoms with van der Waals surface area (Å²) in [5.41, 5.74) is 1.68. The van der Waals surface area contributed by atoms with Crippen LogP contribution in [0, 0.1) is 25.2 Å². The summed E-state index contributed by atoms with van der Waals surface area (Å²) in [6.07, 6.45) is 0. The van der Waals surface area contributed by atoms with Crippen LogP contribution in [0.25, 0.3) is 22.1 Å². The van der Waals surface area contributed by atoms with Crippen LogP contribution in [0.3, 0.4) is 0 Å². The van der Waals surface area contributed by atoms with Crippen molar-refractivity contribution in [2.75, 3.05) is 0 Å². The van der Waals surface area contributed by atoms with E-state index in [1.165, 1.54) is 6.07 Å². The van der Waals surface area contributed by atoms with E-state index in [-0.39, 0.29) is 11.3 Å². The Morgan fingerprint density at radius 3 is 2.86 bits per heavy atom. The SMILES string of the molecule is Cc1cc(-c2c(O)ccc3c(C)noc23)c(C#N)c(=O)[nH]1. The molecule has 6 heteroatoms. The molecule has 0 aliphatic heterocycles. The average Bonchev–Trinajstić information content (AvgIpc) is 2.79. The molecule has 2 aromatic heterocycles. The number of nitriles is 1. The van der Waals surface area contributed by atoms with Gasteiger partial charge < -0.3 is 14.6 Å². The molecule has 2 heterocycles. The molecule has 21 heavy (non-hydrogen) atoms. The molecule has 0 spiro atoms. The van der Waals surface area contributed by atoms with Crippen molar-refractivity contribution < 1.29 is 9.63 Å². The number of phenols is 1. The quantitative estimate of drug-likeness (QED) is 0.712. The number of nitrogens with zero attached hydrogens (tertiary/aromatic N) is 2. The summed E-state index contributed by atoms with van der Waals surface area (Å²) in [6.45, 7) is 3.48. The zero-order chi connectivity index (χ0) is 15.1. The third kappa shape index (κ3) is 1.87. The number of aryl methyl sites for hydroxylation is 2. The van der Waals surface area contributed by atoms with Crippen LogP contribution in [0.2, 0.25) is 0 Å². The Labute approximate surface area is 119 Å². The summed E-state index contributed by atoms with van der Waals surface area (Å²) in [6, 6.07) is 6.69. The minimum absolute atomic E-state index is 0.0693. The second-order valence-electron chi connectivity index (χ2n) is 4.79. The number of nitrogens with one attached hydrogen (secondary N) is 1. The summed E-state index contributed by atoms with van der Waals surface area (Å²) >= 11 is 0. The third-order valence-corrected chi connectivity index (χ3v) is 3.35. The predicted molar refractivity (Wildman–Crippen MR) is 75.9 cm³/mol. The molecule has 0 aliphatic carbocycles. The van der Waals surface area contributed by atoms with Gasteiger partial charge in [0.25, 0.3) is 5.56 Å². The normalized spacial score (nSPS) is 10.7. The van der Waals surface area contributed by atoms with E-state index >= 15 is 0 Å². The molecule has 3 aromatic rings. The van der Waals surface area contributed by atoms with E-state index in [9.17, 15) is 15.2 Å². The van der Waals surface area contributed by atoms with Gasteiger partial charge in [-0.2, -0.15) is 5.26 Å². The fourth-order valence-corrected chi connectivity index (χ4v) is 2.37. The number of phenolic OH excluding ortho intramolecular Hbond substituents is 1. The van der Waals surface area contributed by atoms with Crippen molar-refractivity contribution in [3.8, 4) is 22.9 Å². The number of pyridine rings is 1. The Hall–Kier alpha value is -3.07. The van der Waals surface area contributed by atoms with Crippen LogP contribution >= 0.6 is 0 Å².